The number of methoxy groups -OCH3 is 1. The number of nitro groups is 1. The van der Waals surface area contributed by atoms with Crippen LogP contribution < -0.4 is 19.7 Å². The minimum atomic E-state index is -0.617. The Balaban J connectivity index is 2.40. The zero-order valence-corrected chi connectivity index (χ0v) is 15.8. The highest BCUT2D eigenvalue weighted by Crippen LogP contribution is 2.35. The maximum absolute atomic E-state index is 12.7. The van der Waals surface area contributed by atoms with Crippen molar-refractivity contribution in [2.75, 3.05) is 37.5 Å². The molecular weight excluding hydrogens is 350 g/mol. The van der Waals surface area contributed by atoms with E-state index in [4.69, 9.17) is 9.47 Å². The summed E-state index contributed by atoms with van der Waals surface area (Å²) >= 11 is 0. The van der Waals surface area contributed by atoms with E-state index in [2.05, 4.69) is 5.32 Å². The molecule has 0 atom stereocenters. The van der Waals surface area contributed by atoms with E-state index in [1.807, 2.05) is 31.0 Å². The van der Waals surface area contributed by atoms with Crippen molar-refractivity contribution in [2.24, 2.45) is 0 Å². The van der Waals surface area contributed by atoms with E-state index < -0.39 is 10.8 Å². The summed E-state index contributed by atoms with van der Waals surface area (Å²) in [5.41, 5.74) is 1.02. The fourth-order valence-electron chi connectivity index (χ4n) is 2.51. The number of anilines is 2. The Kier molecular flexibility index (Phi) is 6.59. The molecule has 0 aliphatic carbocycles. The molecule has 8 nitrogen and oxygen atoms in total. The Bertz CT molecular complexity index is 838. The molecule has 0 radical (unpaired) electrons. The molecule has 0 fully saturated rings. The number of benzene rings is 2. The van der Waals surface area contributed by atoms with E-state index >= 15 is 0 Å². The Morgan fingerprint density at radius 3 is 2.56 bits per heavy atom. The van der Waals surface area contributed by atoms with Crippen LogP contribution in [-0.4, -0.2) is 38.1 Å². The molecule has 0 saturated carbocycles. The summed E-state index contributed by atoms with van der Waals surface area (Å²) in [6.07, 6.45) is 0. The second-order valence-corrected chi connectivity index (χ2v) is 5.73. The number of carbonyl (C=O) groups excluding carboxylic acids is 1. The molecule has 1 amide bonds. The number of carbonyl (C=O) groups is 1. The summed E-state index contributed by atoms with van der Waals surface area (Å²) in [7, 11) is 3.32. The first-order valence-corrected chi connectivity index (χ1v) is 8.53. The number of nitro benzene ring substituents is 1. The predicted molar refractivity (Wildman–Crippen MR) is 104 cm³/mol. The number of nitrogens with zero attached hydrogens (tertiary/aromatic N) is 2. The first-order chi connectivity index (χ1) is 12.9. The highest BCUT2D eigenvalue weighted by atomic mass is 16.6. The van der Waals surface area contributed by atoms with Crippen LogP contribution in [0.25, 0.3) is 0 Å². The molecule has 27 heavy (non-hydrogen) atoms. The van der Waals surface area contributed by atoms with Crippen molar-refractivity contribution in [1.82, 2.24) is 0 Å². The van der Waals surface area contributed by atoms with Gasteiger partial charge in [0.05, 0.1) is 24.7 Å². The molecular formula is C19H23N3O5. The lowest BCUT2D eigenvalue weighted by molar-refractivity contribution is -0.385. The average molecular weight is 373 g/mol. The molecule has 0 heterocycles. The lowest BCUT2D eigenvalue weighted by atomic mass is 10.1. The van der Waals surface area contributed by atoms with Crippen molar-refractivity contribution in [3.8, 4) is 11.5 Å². The average Bonchev–Trinajstić information content (AvgIpc) is 2.67. The maximum atomic E-state index is 12.7. The molecule has 2 aromatic carbocycles. The van der Waals surface area contributed by atoms with E-state index in [0.717, 1.165) is 12.2 Å². The number of nitrogens with one attached hydrogen (secondary N) is 1. The van der Waals surface area contributed by atoms with Gasteiger partial charge in [-0.3, -0.25) is 14.9 Å². The standard InChI is InChI=1S/C19H23N3O5/c1-5-21(3)14-9-7-8-13(10-14)20-19(23)15-11-18(27-6-2)17(26-4)12-16(15)22(24)25/h7-12H,5-6H2,1-4H3,(H,20,23). The fourth-order valence-corrected chi connectivity index (χ4v) is 2.51. The van der Waals surface area contributed by atoms with Crippen LogP contribution in [0.3, 0.4) is 0 Å². The van der Waals surface area contributed by atoms with Gasteiger partial charge in [0, 0.05) is 31.0 Å². The van der Waals surface area contributed by atoms with Crippen LogP contribution in [0.15, 0.2) is 36.4 Å². The van der Waals surface area contributed by atoms with E-state index in [1.165, 1.54) is 19.2 Å². The molecule has 1 N–H and O–H groups in total. The minimum absolute atomic E-state index is 0.0986. The number of rotatable bonds is 8. The van der Waals surface area contributed by atoms with Crippen molar-refractivity contribution in [1.29, 1.82) is 0 Å². The molecule has 0 unspecified atom stereocenters. The summed E-state index contributed by atoms with van der Waals surface area (Å²) in [4.78, 5) is 25.5. The van der Waals surface area contributed by atoms with Gasteiger partial charge in [0.15, 0.2) is 11.5 Å². The summed E-state index contributed by atoms with van der Waals surface area (Å²) < 4.78 is 10.6. The van der Waals surface area contributed by atoms with E-state index in [0.29, 0.717) is 12.3 Å². The van der Waals surface area contributed by atoms with Crippen LogP contribution in [-0.2, 0) is 0 Å². The van der Waals surface area contributed by atoms with Crippen LogP contribution in [0, 0.1) is 10.1 Å². The van der Waals surface area contributed by atoms with Gasteiger partial charge in [-0.25, -0.2) is 0 Å². The normalized spacial score (nSPS) is 10.2. The van der Waals surface area contributed by atoms with Crippen molar-refractivity contribution < 1.29 is 19.2 Å². The fraction of sp³-hybridized carbons (Fsp3) is 0.316. The van der Waals surface area contributed by atoms with Gasteiger partial charge in [0.1, 0.15) is 5.56 Å². The van der Waals surface area contributed by atoms with Gasteiger partial charge in [0.2, 0.25) is 0 Å². The third kappa shape index (κ3) is 4.66. The molecule has 144 valence electrons. The molecule has 2 aromatic rings. The first-order valence-electron chi connectivity index (χ1n) is 8.53. The molecule has 0 aliphatic heterocycles. The van der Waals surface area contributed by atoms with Gasteiger partial charge in [-0.05, 0) is 32.0 Å². The number of amides is 1. The van der Waals surface area contributed by atoms with Gasteiger partial charge in [0.25, 0.3) is 11.6 Å². The smallest absolute Gasteiger partial charge is 0.286 e. The van der Waals surface area contributed by atoms with Crippen LogP contribution in [0.2, 0.25) is 0 Å². The van der Waals surface area contributed by atoms with Gasteiger partial charge >= 0.3 is 0 Å². The van der Waals surface area contributed by atoms with Crippen LogP contribution in [0.5, 0.6) is 11.5 Å². The molecule has 0 aromatic heterocycles. The SMILES string of the molecule is CCOc1cc(C(=O)Nc2cccc(N(C)CC)c2)c([N+](=O)[O-])cc1OC. The van der Waals surface area contributed by atoms with Crippen molar-refractivity contribution >= 4 is 23.0 Å². The second kappa shape index (κ2) is 8.88. The highest BCUT2D eigenvalue weighted by molar-refractivity contribution is 6.07. The maximum Gasteiger partial charge on any atom is 0.286 e. The second-order valence-electron chi connectivity index (χ2n) is 5.73. The van der Waals surface area contributed by atoms with Crippen LogP contribution in [0.4, 0.5) is 17.1 Å². The Morgan fingerprint density at radius 1 is 1.22 bits per heavy atom. The summed E-state index contributed by atoms with van der Waals surface area (Å²) in [5, 5.41) is 14.1. The number of hydrogen-bond donors (Lipinski definition) is 1. The molecule has 0 spiro atoms. The third-order valence-corrected chi connectivity index (χ3v) is 4.04. The topological polar surface area (TPSA) is 93.9 Å². The van der Waals surface area contributed by atoms with Crippen molar-refractivity contribution in [3.05, 3.63) is 52.1 Å². The molecule has 8 heteroatoms. The largest absolute Gasteiger partial charge is 0.493 e. The number of hydrogen-bond acceptors (Lipinski definition) is 6. The van der Waals surface area contributed by atoms with Crippen molar-refractivity contribution in [2.45, 2.75) is 13.8 Å². The lowest BCUT2D eigenvalue weighted by Crippen LogP contribution is -2.17. The van der Waals surface area contributed by atoms with Gasteiger partial charge in [-0.15, -0.1) is 0 Å². The van der Waals surface area contributed by atoms with Crippen LogP contribution >= 0.6 is 0 Å². The van der Waals surface area contributed by atoms with Gasteiger partial charge < -0.3 is 19.7 Å². The minimum Gasteiger partial charge on any atom is -0.493 e. The zero-order valence-electron chi connectivity index (χ0n) is 15.8. The monoisotopic (exact) mass is 373 g/mol. The van der Waals surface area contributed by atoms with Crippen LogP contribution in [0.1, 0.15) is 24.2 Å². The Hall–Kier alpha value is -3.29. The summed E-state index contributed by atoms with van der Waals surface area (Å²) in [5.74, 6) is -0.122. The summed E-state index contributed by atoms with van der Waals surface area (Å²) in [6, 6.07) is 9.79. The number of ether oxygens (including phenoxy) is 2. The lowest BCUT2D eigenvalue weighted by Gasteiger charge is -2.18. The van der Waals surface area contributed by atoms with Crippen molar-refractivity contribution in [3.63, 3.8) is 0 Å². The molecule has 2 rings (SSSR count). The van der Waals surface area contributed by atoms with E-state index in [9.17, 15) is 14.9 Å². The molecule has 0 saturated heterocycles. The Labute approximate surface area is 157 Å². The van der Waals surface area contributed by atoms with E-state index in [-0.39, 0.29) is 22.7 Å². The van der Waals surface area contributed by atoms with Gasteiger partial charge in [-0.1, -0.05) is 6.07 Å². The quantitative estimate of drug-likeness (QED) is 0.560. The highest BCUT2D eigenvalue weighted by Gasteiger charge is 2.25. The molecule has 0 bridgehead atoms. The summed E-state index contributed by atoms with van der Waals surface area (Å²) in [6.45, 7) is 4.93. The Morgan fingerprint density at radius 2 is 1.96 bits per heavy atom. The van der Waals surface area contributed by atoms with E-state index in [1.54, 1.807) is 19.1 Å². The third-order valence-electron chi connectivity index (χ3n) is 4.04. The predicted octanol–water partition coefficient (Wildman–Crippen LogP) is 3.71. The first kappa shape index (κ1) is 20.0. The zero-order chi connectivity index (χ0) is 20.0. The van der Waals surface area contributed by atoms with Gasteiger partial charge in [-0.2, -0.15) is 0 Å². The molecule has 0 aliphatic rings.